The summed E-state index contributed by atoms with van der Waals surface area (Å²) in [5.41, 5.74) is 3.64. The van der Waals surface area contributed by atoms with E-state index in [2.05, 4.69) is 0 Å². The van der Waals surface area contributed by atoms with E-state index in [1.54, 1.807) is 36.1 Å². The van der Waals surface area contributed by atoms with Crippen LogP contribution < -0.4 is 15.0 Å². The van der Waals surface area contributed by atoms with E-state index in [4.69, 9.17) is 9.47 Å². The lowest BCUT2D eigenvalue weighted by molar-refractivity contribution is 0.0880. The Hall–Kier alpha value is -3.05. The zero-order chi connectivity index (χ0) is 20.4. The number of ether oxygens (including phenoxy) is 2. The van der Waals surface area contributed by atoms with Crippen LogP contribution >= 0.6 is 0 Å². The van der Waals surface area contributed by atoms with Crippen LogP contribution in [0.5, 0.6) is 11.5 Å². The Morgan fingerprint density at radius 3 is 2.45 bits per heavy atom. The molecule has 1 fully saturated rings. The topological polar surface area (TPSA) is 60.7 Å². The fourth-order valence-corrected chi connectivity index (χ4v) is 3.34. The molecule has 0 bridgehead atoms. The van der Waals surface area contributed by atoms with Crippen molar-refractivity contribution in [2.24, 2.45) is 5.92 Å². The Kier molecular flexibility index (Phi) is 5.41. The second-order valence-corrected chi connectivity index (χ2v) is 7.54. The van der Waals surface area contributed by atoms with Gasteiger partial charge < -0.3 is 14.6 Å². The third-order valence-corrected chi connectivity index (χ3v) is 5.31. The average Bonchev–Trinajstić information content (AvgIpc) is 3.58. The zero-order valence-electron chi connectivity index (χ0n) is 16.7. The van der Waals surface area contributed by atoms with Crippen molar-refractivity contribution < 1.29 is 14.6 Å². The number of pyridine rings is 1. The normalized spacial score (nSPS) is 14.4. The summed E-state index contributed by atoms with van der Waals surface area (Å²) in [4.78, 5) is 12.7. The lowest BCUT2D eigenvalue weighted by atomic mass is 10.1. The Bertz CT molecular complexity index is 1050. The van der Waals surface area contributed by atoms with E-state index in [-0.39, 0.29) is 12.2 Å². The van der Waals surface area contributed by atoms with Crippen LogP contribution in [-0.4, -0.2) is 29.5 Å². The van der Waals surface area contributed by atoms with Gasteiger partial charge in [-0.15, -0.1) is 0 Å². The maximum absolute atomic E-state index is 12.7. The molecule has 0 amide bonds. The average molecular weight is 391 g/mol. The number of benzene rings is 2. The summed E-state index contributed by atoms with van der Waals surface area (Å²) in [6.07, 6.45) is 3.43. The molecule has 1 aliphatic carbocycles. The third-order valence-electron chi connectivity index (χ3n) is 5.31. The summed E-state index contributed by atoms with van der Waals surface area (Å²) in [5.74, 6) is 1.44. The molecule has 1 heterocycles. The minimum atomic E-state index is -0.448. The van der Waals surface area contributed by atoms with E-state index < -0.39 is 6.10 Å². The van der Waals surface area contributed by atoms with Crippen LogP contribution in [-0.2, 0) is 0 Å². The van der Waals surface area contributed by atoms with Crippen molar-refractivity contribution in [3.05, 3.63) is 76.7 Å². The van der Waals surface area contributed by atoms with Crippen molar-refractivity contribution in [3.8, 4) is 28.3 Å². The molecule has 0 radical (unpaired) electrons. The van der Waals surface area contributed by atoms with Crippen LogP contribution in [0.2, 0.25) is 0 Å². The first-order valence-electron chi connectivity index (χ1n) is 9.84. The molecular weight excluding hydrogens is 366 g/mol. The van der Waals surface area contributed by atoms with Crippen LogP contribution in [0.1, 0.15) is 18.4 Å². The Labute approximate surface area is 170 Å². The molecule has 5 heteroatoms. The summed E-state index contributed by atoms with van der Waals surface area (Å²) in [5, 5.41) is 10.0. The minimum Gasteiger partial charge on any atom is -0.493 e. The molecule has 3 aromatic rings. The Balaban J connectivity index is 1.57. The van der Waals surface area contributed by atoms with Crippen LogP contribution in [0.25, 0.3) is 16.8 Å². The molecule has 1 N–H and O–H groups in total. The number of aromatic nitrogens is 1. The first-order valence-corrected chi connectivity index (χ1v) is 9.84. The number of nitrogens with zero attached hydrogens (tertiary/aromatic N) is 1. The summed E-state index contributed by atoms with van der Waals surface area (Å²) in [7, 11) is 1.56. The SMILES string of the molecule is COc1cc(-n2ccc(-c3ccc(C)cc3)cc2=O)ccc1OC[C@H](O)C1CC1. The molecule has 0 spiro atoms. The monoisotopic (exact) mass is 391 g/mol. The summed E-state index contributed by atoms with van der Waals surface area (Å²) >= 11 is 0. The maximum Gasteiger partial charge on any atom is 0.255 e. The molecule has 150 valence electrons. The fourth-order valence-electron chi connectivity index (χ4n) is 3.34. The smallest absolute Gasteiger partial charge is 0.255 e. The van der Waals surface area contributed by atoms with Gasteiger partial charge in [0.15, 0.2) is 11.5 Å². The number of hydrogen-bond acceptors (Lipinski definition) is 4. The van der Waals surface area contributed by atoms with Gasteiger partial charge in [-0.3, -0.25) is 9.36 Å². The van der Waals surface area contributed by atoms with Gasteiger partial charge in [-0.05, 0) is 55.0 Å². The lowest BCUT2D eigenvalue weighted by Crippen LogP contribution is -2.20. The van der Waals surface area contributed by atoms with E-state index in [9.17, 15) is 9.90 Å². The summed E-state index contributed by atoms with van der Waals surface area (Å²) < 4.78 is 12.7. The van der Waals surface area contributed by atoms with Crippen molar-refractivity contribution in [1.29, 1.82) is 0 Å². The molecule has 1 saturated carbocycles. The molecule has 0 unspecified atom stereocenters. The van der Waals surface area contributed by atoms with E-state index in [1.165, 1.54) is 5.56 Å². The second-order valence-electron chi connectivity index (χ2n) is 7.54. The largest absolute Gasteiger partial charge is 0.493 e. The molecular formula is C24H25NO4. The van der Waals surface area contributed by atoms with Crippen molar-refractivity contribution >= 4 is 0 Å². The molecule has 1 atom stereocenters. The molecule has 0 saturated heterocycles. The first-order chi connectivity index (χ1) is 14.0. The predicted octanol–water partition coefficient (Wildman–Crippen LogP) is 3.97. The summed E-state index contributed by atoms with van der Waals surface area (Å²) in [6, 6.07) is 17.0. The summed E-state index contributed by atoms with van der Waals surface area (Å²) in [6.45, 7) is 2.28. The van der Waals surface area contributed by atoms with Gasteiger partial charge in [0, 0.05) is 18.3 Å². The van der Waals surface area contributed by atoms with Gasteiger partial charge in [-0.2, -0.15) is 0 Å². The third kappa shape index (κ3) is 4.35. The molecule has 5 nitrogen and oxygen atoms in total. The molecule has 1 aromatic heterocycles. The number of aliphatic hydroxyl groups excluding tert-OH is 1. The lowest BCUT2D eigenvalue weighted by Gasteiger charge is -2.15. The molecule has 2 aromatic carbocycles. The molecule has 1 aliphatic rings. The highest BCUT2D eigenvalue weighted by Gasteiger charge is 2.30. The predicted molar refractivity (Wildman–Crippen MR) is 113 cm³/mol. The van der Waals surface area contributed by atoms with Gasteiger partial charge in [0.05, 0.1) is 18.9 Å². The van der Waals surface area contributed by atoms with Gasteiger partial charge >= 0.3 is 0 Å². The van der Waals surface area contributed by atoms with Gasteiger partial charge in [0.2, 0.25) is 0 Å². The Morgan fingerprint density at radius 1 is 1.03 bits per heavy atom. The zero-order valence-corrected chi connectivity index (χ0v) is 16.7. The highest BCUT2D eigenvalue weighted by atomic mass is 16.5. The second kappa shape index (κ2) is 8.13. The van der Waals surface area contributed by atoms with Crippen molar-refractivity contribution in [2.45, 2.75) is 25.9 Å². The molecule has 4 rings (SSSR count). The first kappa shape index (κ1) is 19.3. The number of aliphatic hydroxyl groups is 1. The van der Waals surface area contributed by atoms with Crippen molar-refractivity contribution in [3.63, 3.8) is 0 Å². The van der Waals surface area contributed by atoms with E-state index in [1.807, 2.05) is 43.3 Å². The highest BCUT2D eigenvalue weighted by Crippen LogP contribution is 2.34. The fraction of sp³-hybridized carbons (Fsp3) is 0.292. The van der Waals surface area contributed by atoms with Gasteiger partial charge in [-0.25, -0.2) is 0 Å². The van der Waals surface area contributed by atoms with Crippen LogP contribution in [0.4, 0.5) is 0 Å². The quantitative estimate of drug-likeness (QED) is 0.662. The van der Waals surface area contributed by atoms with Crippen molar-refractivity contribution in [1.82, 2.24) is 4.57 Å². The van der Waals surface area contributed by atoms with Gasteiger partial charge in [0.1, 0.15) is 6.61 Å². The minimum absolute atomic E-state index is 0.122. The molecule has 29 heavy (non-hydrogen) atoms. The van der Waals surface area contributed by atoms with E-state index in [0.717, 1.165) is 24.0 Å². The molecule has 0 aliphatic heterocycles. The number of methoxy groups -OCH3 is 1. The van der Waals surface area contributed by atoms with E-state index >= 15 is 0 Å². The standard InChI is InChI=1S/C24H25NO4/c1-16-3-5-17(6-4-16)19-11-12-25(24(27)13-19)20-9-10-22(23(14-20)28-2)29-15-21(26)18-7-8-18/h3-6,9-14,18,21,26H,7-8,15H2,1-2H3/t21-/m0/s1. The highest BCUT2D eigenvalue weighted by molar-refractivity contribution is 5.63. The van der Waals surface area contributed by atoms with E-state index in [0.29, 0.717) is 23.1 Å². The maximum atomic E-state index is 12.7. The number of aryl methyl sites for hydroxylation is 1. The number of hydrogen-bond donors (Lipinski definition) is 1. The van der Waals surface area contributed by atoms with Gasteiger partial charge in [0.25, 0.3) is 5.56 Å². The van der Waals surface area contributed by atoms with Crippen LogP contribution in [0.15, 0.2) is 65.6 Å². The van der Waals surface area contributed by atoms with Crippen molar-refractivity contribution in [2.75, 3.05) is 13.7 Å². The Morgan fingerprint density at radius 2 is 1.79 bits per heavy atom. The van der Waals surface area contributed by atoms with Gasteiger partial charge in [-0.1, -0.05) is 29.8 Å². The van der Waals surface area contributed by atoms with Crippen LogP contribution in [0, 0.1) is 12.8 Å². The number of rotatable bonds is 7. The van der Waals surface area contributed by atoms with Crippen LogP contribution in [0.3, 0.4) is 0 Å².